The molecule has 2 aliphatic rings. The number of hydrogen-bond acceptors (Lipinski definition) is 7. The van der Waals surface area contributed by atoms with Crippen molar-refractivity contribution in [3.8, 4) is 0 Å². The number of amides is 2. The maximum atomic E-state index is 14.5. The summed E-state index contributed by atoms with van der Waals surface area (Å²) in [5, 5.41) is 14.0. The largest absolute Gasteiger partial charge is 0.480 e. The van der Waals surface area contributed by atoms with Gasteiger partial charge in [0.1, 0.15) is 29.4 Å². The van der Waals surface area contributed by atoms with Gasteiger partial charge in [-0.3, -0.25) is 14.4 Å². The number of nitrogens with one attached hydrogen (secondary N) is 2. The molecule has 5 rings (SSSR count). The first kappa shape index (κ1) is 32.1. The zero-order valence-corrected chi connectivity index (χ0v) is 26.1. The first-order chi connectivity index (χ1) is 22.0. The fourth-order valence-electron chi connectivity index (χ4n) is 5.95. The average Bonchev–Trinajstić information content (AvgIpc) is 3.20. The van der Waals surface area contributed by atoms with Gasteiger partial charge in [0.05, 0.1) is 5.56 Å². The molecule has 5 N–H and O–H groups in total. The quantitative estimate of drug-likeness (QED) is 0.253. The molecule has 0 aliphatic carbocycles. The van der Waals surface area contributed by atoms with Crippen LogP contribution in [0.15, 0.2) is 78.0 Å². The van der Waals surface area contributed by atoms with Crippen molar-refractivity contribution in [3.05, 3.63) is 112 Å². The van der Waals surface area contributed by atoms with E-state index in [2.05, 4.69) is 21.6 Å². The molecule has 2 amide bonds. The summed E-state index contributed by atoms with van der Waals surface area (Å²) < 4.78 is 14.5. The SMILES string of the molecule is C/C=C\C1=C(C)N(Cc2ccccc2F)CCC=C1c1nc(N)c2c(n1)NC(=O)[C@@]2(C)c1ccc(CCC(=O)NCC(=O)O)cc1. The highest BCUT2D eigenvalue weighted by Crippen LogP contribution is 2.45. The van der Waals surface area contributed by atoms with Crippen molar-refractivity contribution in [1.82, 2.24) is 20.2 Å². The number of nitrogen functional groups attached to an aromatic ring is 1. The minimum atomic E-state index is -1.15. The van der Waals surface area contributed by atoms with Crippen molar-refractivity contribution in [2.75, 3.05) is 24.1 Å². The Balaban J connectivity index is 1.42. The highest BCUT2D eigenvalue weighted by Gasteiger charge is 2.47. The average molecular weight is 625 g/mol. The summed E-state index contributed by atoms with van der Waals surface area (Å²) in [5.41, 5.74) is 10.7. The number of nitrogens with zero attached hydrogens (tertiary/aromatic N) is 3. The van der Waals surface area contributed by atoms with E-state index in [0.717, 1.165) is 22.4 Å². The van der Waals surface area contributed by atoms with E-state index in [1.165, 1.54) is 6.07 Å². The number of allylic oxidation sites excluding steroid dienone is 5. The number of aromatic nitrogens is 2. The van der Waals surface area contributed by atoms with Crippen molar-refractivity contribution in [2.24, 2.45) is 0 Å². The molecular weight excluding hydrogens is 587 g/mol. The van der Waals surface area contributed by atoms with E-state index < -0.39 is 17.9 Å². The predicted molar refractivity (Wildman–Crippen MR) is 174 cm³/mol. The van der Waals surface area contributed by atoms with Gasteiger partial charge in [0.25, 0.3) is 0 Å². The Bertz CT molecular complexity index is 1780. The molecule has 0 saturated heterocycles. The summed E-state index contributed by atoms with van der Waals surface area (Å²) in [6.45, 7) is 6.36. The van der Waals surface area contributed by atoms with Gasteiger partial charge >= 0.3 is 5.97 Å². The number of aryl methyl sites for hydroxylation is 1. The second-order valence-corrected chi connectivity index (χ2v) is 11.5. The van der Waals surface area contributed by atoms with E-state index >= 15 is 0 Å². The predicted octanol–water partition coefficient (Wildman–Crippen LogP) is 4.73. The summed E-state index contributed by atoms with van der Waals surface area (Å²) in [6.07, 6.45) is 7.18. The third-order valence-electron chi connectivity index (χ3n) is 8.53. The van der Waals surface area contributed by atoms with E-state index in [4.69, 9.17) is 20.8 Å². The van der Waals surface area contributed by atoms with Crippen LogP contribution in [0.2, 0.25) is 0 Å². The van der Waals surface area contributed by atoms with Crippen LogP contribution < -0.4 is 16.4 Å². The Morgan fingerprint density at radius 1 is 1.17 bits per heavy atom. The lowest BCUT2D eigenvalue weighted by molar-refractivity contribution is -0.137. The van der Waals surface area contributed by atoms with Crippen LogP contribution in [0.1, 0.15) is 61.7 Å². The van der Waals surface area contributed by atoms with Gasteiger partial charge in [-0.05, 0) is 50.8 Å². The number of carboxylic acid groups (broad SMARTS) is 1. The van der Waals surface area contributed by atoms with Crippen LogP contribution >= 0.6 is 0 Å². The Hall–Kier alpha value is -5.32. The van der Waals surface area contributed by atoms with Gasteiger partial charge in [-0.2, -0.15) is 0 Å². The standard InChI is InChI=1S/C35H37FN6O4/c1-4-8-25-21(2)42(20-23-9-5-6-11-27(23)36)18-7-10-26(25)32-39-31(37)30-33(40-32)41-34(46)35(30,3)24-15-12-22(13-16-24)14-17-28(43)38-19-29(44)45/h4-6,8-13,15-16H,7,14,17-20H2,1-3H3,(H,38,43)(H,44,45)(H3,37,39,40,41,46)/b8-4-/t35-/m0/s1. The molecule has 11 heteroatoms. The molecule has 10 nitrogen and oxygen atoms in total. The summed E-state index contributed by atoms with van der Waals surface area (Å²) in [7, 11) is 0. The lowest BCUT2D eigenvalue weighted by Gasteiger charge is -2.26. The van der Waals surface area contributed by atoms with Crippen molar-refractivity contribution in [2.45, 2.75) is 52.0 Å². The van der Waals surface area contributed by atoms with Gasteiger partial charge in [-0.1, -0.05) is 60.7 Å². The Kier molecular flexibility index (Phi) is 9.31. The minimum Gasteiger partial charge on any atom is -0.480 e. The Morgan fingerprint density at radius 3 is 2.61 bits per heavy atom. The zero-order valence-electron chi connectivity index (χ0n) is 26.1. The number of benzene rings is 2. The van der Waals surface area contributed by atoms with Crippen LogP contribution in [0.5, 0.6) is 0 Å². The topological polar surface area (TPSA) is 151 Å². The molecule has 2 aromatic carbocycles. The normalized spacial score (nSPS) is 17.9. The smallest absolute Gasteiger partial charge is 0.322 e. The zero-order chi connectivity index (χ0) is 33.0. The lowest BCUT2D eigenvalue weighted by Crippen LogP contribution is -2.33. The first-order valence-electron chi connectivity index (χ1n) is 15.1. The molecule has 238 valence electrons. The molecule has 0 spiro atoms. The molecule has 3 aromatic rings. The van der Waals surface area contributed by atoms with Crippen LogP contribution in [-0.2, 0) is 32.8 Å². The fourth-order valence-corrected chi connectivity index (χ4v) is 5.95. The van der Waals surface area contributed by atoms with Gasteiger partial charge in [-0.25, -0.2) is 14.4 Å². The van der Waals surface area contributed by atoms with Crippen molar-refractivity contribution >= 4 is 35.0 Å². The molecular formula is C35H37FN6O4. The number of fused-ring (bicyclic) bond motifs is 1. The van der Waals surface area contributed by atoms with Crippen LogP contribution in [0.4, 0.5) is 16.0 Å². The number of halogens is 1. The summed E-state index contributed by atoms with van der Waals surface area (Å²) >= 11 is 0. The van der Waals surface area contributed by atoms with Gasteiger partial charge in [0.2, 0.25) is 11.8 Å². The third-order valence-corrected chi connectivity index (χ3v) is 8.53. The molecule has 0 unspecified atom stereocenters. The first-order valence-corrected chi connectivity index (χ1v) is 15.1. The number of anilines is 2. The van der Waals surface area contributed by atoms with Crippen LogP contribution in [0.25, 0.3) is 5.57 Å². The monoisotopic (exact) mass is 624 g/mol. The van der Waals surface area contributed by atoms with E-state index in [1.54, 1.807) is 19.1 Å². The number of aliphatic carboxylic acids is 1. The fraction of sp³-hybridized carbons (Fsp3) is 0.286. The highest BCUT2D eigenvalue weighted by molar-refractivity contribution is 6.09. The second-order valence-electron chi connectivity index (χ2n) is 11.5. The molecule has 0 radical (unpaired) electrons. The Morgan fingerprint density at radius 2 is 1.91 bits per heavy atom. The van der Waals surface area contributed by atoms with Crippen molar-refractivity contribution in [1.29, 1.82) is 0 Å². The molecule has 2 aliphatic heterocycles. The number of carbonyl (C=O) groups is 3. The summed E-state index contributed by atoms with van der Waals surface area (Å²) in [5.74, 6) is -1.07. The molecule has 0 fully saturated rings. The molecule has 0 saturated carbocycles. The van der Waals surface area contributed by atoms with Gasteiger partial charge in [-0.15, -0.1) is 0 Å². The molecule has 0 bridgehead atoms. The number of nitrogens with two attached hydrogens (primary N) is 1. The lowest BCUT2D eigenvalue weighted by atomic mass is 9.77. The molecule has 1 aromatic heterocycles. The maximum absolute atomic E-state index is 14.5. The number of carbonyl (C=O) groups excluding carboxylic acids is 2. The molecule has 1 atom stereocenters. The van der Waals surface area contributed by atoms with Gasteiger partial charge < -0.3 is 26.4 Å². The van der Waals surface area contributed by atoms with Crippen LogP contribution in [-0.4, -0.2) is 50.8 Å². The number of rotatable bonds is 10. The molecule has 3 heterocycles. The minimum absolute atomic E-state index is 0.136. The van der Waals surface area contributed by atoms with Crippen molar-refractivity contribution in [3.63, 3.8) is 0 Å². The highest BCUT2D eigenvalue weighted by atomic mass is 19.1. The van der Waals surface area contributed by atoms with E-state index in [0.29, 0.717) is 54.3 Å². The number of carboxylic acids is 1. The Labute approximate surface area is 266 Å². The van der Waals surface area contributed by atoms with E-state index in [-0.39, 0.29) is 29.9 Å². The van der Waals surface area contributed by atoms with Gasteiger partial charge in [0.15, 0.2) is 5.82 Å². The van der Waals surface area contributed by atoms with Crippen LogP contribution in [0, 0.1) is 5.82 Å². The van der Waals surface area contributed by atoms with Gasteiger partial charge in [0, 0.05) is 41.9 Å². The summed E-state index contributed by atoms with van der Waals surface area (Å²) in [4.78, 5) is 47.8. The van der Waals surface area contributed by atoms with E-state index in [1.807, 2.05) is 56.3 Å². The second kappa shape index (κ2) is 13.4. The third kappa shape index (κ3) is 6.39. The molecule has 46 heavy (non-hydrogen) atoms. The van der Waals surface area contributed by atoms with Crippen LogP contribution in [0.3, 0.4) is 0 Å². The maximum Gasteiger partial charge on any atom is 0.322 e. The van der Waals surface area contributed by atoms with E-state index in [9.17, 15) is 18.8 Å². The summed E-state index contributed by atoms with van der Waals surface area (Å²) in [6, 6.07) is 14.1. The van der Waals surface area contributed by atoms with Crippen molar-refractivity contribution < 1.29 is 23.9 Å². The number of hydrogen-bond donors (Lipinski definition) is 4.